The number of fused-ring (bicyclic) bond motifs is 5. The van der Waals surface area contributed by atoms with Gasteiger partial charge in [-0.2, -0.15) is 0 Å². The lowest BCUT2D eigenvalue weighted by molar-refractivity contribution is 0.475. The van der Waals surface area contributed by atoms with Gasteiger partial charge in [-0.05, 0) is 147 Å². The summed E-state index contributed by atoms with van der Waals surface area (Å²) in [7, 11) is 0. The Kier molecular flexibility index (Phi) is 25.1. The van der Waals surface area contributed by atoms with Crippen LogP contribution in [0.4, 0.5) is 0 Å². The van der Waals surface area contributed by atoms with Crippen molar-refractivity contribution in [2.75, 3.05) is 0 Å². The van der Waals surface area contributed by atoms with Crippen LogP contribution in [0.15, 0.2) is 449 Å². The molecular weight excluding hydrogens is 1380 g/mol. The van der Waals surface area contributed by atoms with Crippen molar-refractivity contribution in [2.24, 2.45) is 0 Å². The number of phenolic OH excluding ortho intramolecular Hbond substituents is 6. The molecule has 0 fully saturated rings. The second-order valence-corrected chi connectivity index (χ2v) is 26.7. The van der Waals surface area contributed by atoms with E-state index in [1.165, 1.54) is 5.56 Å². The Hall–Kier alpha value is -15.0. The summed E-state index contributed by atoms with van der Waals surface area (Å²) in [5, 5.41) is 69.4. The molecule has 19 aromatic rings. The highest BCUT2D eigenvalue weighted by Gasteiger charge is 2.15. The summed E-state index contributed by atoms with van der Waals surface area (Å²) in [5.41, 5.74) is 18.5. The van der Waals surface area contributed by atoms with E-state index < -0.39 is 0 Å². The molecule has 0 aromatic heterocycles. The van der Waals surface area contributed by atoms with Crippen LogP contribution in [0, 0.1) is 0 Å². The molecule has 19 rings (SSSR count). The Balaban J connectivity index is 0.000000118. The third-order valence-electron chi connectivity index (χ3n) is 19.4. The van der Waals surface area contributed by atoms with Crippen molar-refractivity contribution >= 4 is 43.1 Å². The topological polar surface area (TPSA) is 121 Å². The zero-order chi connectivity index (χ0) is 76.8. The SMILES string of the molecule is C.Oc1c(-c2ccccc2)ccc2ccc3ccccc3c12.Oc1c(-c2ccccc2)ccc2ccccc12.Oc1cc(-c2ccccc2)cc(-c2ccccc2)c1.Oc1ccc2ccccc2c1-c1ccccc1.Oc1ccccc1-c1cccc(-c2ccccc2)c1.Oc1ccccc1-c1ccccc1-c1ccccc1. The number of aromatic hydroxyl groups is 6. The first kappa shape index (κ1) is 76.2. The first-order valence-corrected chi connectivity index (χ1v) is 37.1. The Labute approximate surface area is 660 Å². The van der Waals surface area contributed by atoms with Gasteiger partial charge in [0.15, 0.2) is 0 Å². The van der Waals surface area contributed by atoms with Crippen molar-refractivity contribution in [3.8, 4) is 135 Å². The molecule has 0 atom stereocenters. The Morgan fingerprint density at radius 3 is 0.982 bits per heavy atom. The molecule has 6 heteroatoms. The average molecular weight is 1470 g/mol. The van der Waals surface area contributed by atoms with Gasteiger partial charge in [0.25, 0.3) is 0 Å². The van der Waals surface area contributed by atoms with Gasteiger partial charge < -0.3 is 30.6 Å². The Morgan fingerprint density at radius 2 is 0.469 bits per heavy atom. The minimum absolute atomic E-state index is 0. The minimum atomic E-state index is 0. The summed E-state index contributed by atoms with van der Waals surface area (Å²) in [6.45, 7) is 0. The predicted octanol–water partition coefficient (Wildman–Crippen LogP) is 28.6. The molecule has 0 radical (unpaired) electrons. The van der Waals surface area contributed by atoms with Crippen molar-refractivity contribution < 1.29 is 30.6 Å². The zero-order valence-electron chi connectivity index (χ0n) is 61.4. The fraction of sp³-hybridized carbons (Fsp3) is 0.00935. The Morgan fingerprint density at radius 1 is 0.150 bits per heavy atom. The number of benzene rings is 19. The van der Waals surface area contributed by atoms with Crippen LogP contribution in [0.5, 0.6) is 34.5 Å². The first-order valence-electron chi connectivity index (χ1n) is 37.1. The number of rotatable bonds is 9. The number of para-hydroxylation sites is 2. The average Bonchev–Trinajstić information content (AvgIpc) is 0.765. The van der Waals surface area contributed by atoms with Crippen LogP contribution in [-0.4, -0.2) is 30.6 Å². The van der Waals surface area contributed by atoms with Crippen LogP contribution in [-0.2, 0) is 0 Å². The van der Waals surface area contributed by atoms with Crippen molar-refractivity contribution in [2.45, 2.75) is 7.43 Å². The standard InChI is InChI=1S/C20H14O.3C18H14O.2C16H12O.CH4/c21-20-18(14-6-2-1-3-7-14)13-12-16-11-10-15-8-4-5-9-17(15)19(16)20;19-18-12-16(14-7-3-1-4-8-14)11-17(13-18)15-9-5-2-6-10-15;19-18-13-7-6-12-17(18)16-11-5-4-10-15(16)14-8-2-1-3-9-14;19-18-12-5-4-11-17(18)16-10-6-9-15(13-16)14-7-2-1-3-8-14;17-15-11-10-12-6-4-5-9-14(12)16(15)13-7-2-1-3-8-13;17-16-14-9-5-4-8-13(14)10-11-15(16)12-6-2-1-3-7-12;/h1-13,21H;3*1-13,19H;2*1-11,17H;1H4. The molecule has 6 N–H and O–H groups in total. The van der Waals surface area contributed by atoms with E-state index in [4.69, 9.17) is 0 Å². The zero-order valence-corrected chi connectivity index (χ0v) is 61.4. The fourth-order valence-electron chi connectivity index (χ4n) is 13.9. The highest BCUT2D eigenvalue weighted by atomic mass is 16.3. The van der Waals surface area contributed by atoms with Gasteiger partial charge in [0, 0.05) is 38.6 Å². The molecule has 0 saturated heterocycles. The maximum atomic E-state index is 10.8. The molecule has 6 nitrogen and oxygen atoms in total. The van der Waals surface area contributed by atoms with E-state index in [1.807, 2.05) is 334 Å². The molecule has 0 saturated carbocycles. The van der Waals surface area contributed by atoms with Gasteiger partial charge in [0.2, 0.25) is 0 Å². The summed E-state index contributed by atoms with van der Waals surface area (Å²) in [6, 6.07) is 147. The van der Waals surface area contributed by atoms with Gasteiger partial charge in [-0.15, -0.1) is 0 Å². The third-order valence-corrected chi connectivity index (χ3v) is 19.4. The van der Waals surface area contributed by atoms with E-state index in [1.54, 1.807) is 30.3 Å². The monoisotopic (exact) mass is 1460 g/mol. The fourth-order valence-corrected chi connectivity index (χ4v) is 13.9. The molecule has 0 bridgehead atoms. The quantitative estimate of drug-likeness (QED) is 0.0801. The summed E-state index contributed by atoms with van der Waals surface area (Å²) in [4.78, 5) is 0. The molecule has 113 heavy (non-hydrogen) atoms. The first-order chi connectivity index (χ1) is 55.1. The summed E-state index contributed by atoms with van der Waals surface area (Å²) >= 11 is 0. The summed E-state index contributed by atoms with van der Waals surface area (Å²) in [6.07, 6.45) is 0. The molecule has 0 spiro atoms. The van der Waals surface area contributed by atoms with Crippen molar-refractivity contribution in [1.82, 2.24) is 0 Å². The lowest BCUT2D eigenvalue weighted by Crippen LogP contribution is -1.85. The largest absolute Gasteiger partial charge is 0.508 e. The summed E-state index contributed by atoms with van der Waals surface area (Å²) < 4.78 is 0. The van der Waals surface area contributed by atoms with Gasteiger partial charge in [-0.3, -0.25) is 0 Å². The predicted molar refractivity (Wildman–Crippen MR) is 474 cm³/mol. The van der Waals surface area contributed by atoms with Gasteiger partial charge in [-0.25, -0.2) is 0 Å². The second-order valence-electron chi connectivity index (χ2n) is 26.7. The molecule has 0 amide bonds. The van der Waals surface area contributed by atoms with Crippen molar-refractivity contribution in [3.05, 3.63) is 449 Å². The van der Waals surface area contributed by atoms with E-state index >= 15 is 0 Å². The number of hydrogen-bond donors (Lipinski definition) is 6. The van der Waals surface area contributed by atoms with E-state index in [9.17, 15) is 30.6 Å². The van der Waals surface area contributed by atoms with Crippen molar-refractivity contribution in [1.29, 1.82) is 0 Å². The van der Waals surface area contributed by atoms with E-state index in [0.29, 0.717) is 34.5 Å². The summed E-state index contributed by atoms with van der Waals surface area (Å²) in [5.74, 6) is 1.96. The molecule has 0 aliphatic carbocycles. The van der Waals surface area contributed by atoms with Gasteiger partial charge in [-0.1, -0.05) is 414 Å². The maximum Gasteiger partial charge on any atom is 0.131 e. The second kappa shape index (κ2) is 37.2. The van der Waals surface area contributed by atoms with E-state index in [2.05, 4.69) is 84.9 Å². The number of phenols is 6. The lowest BCUT2D eigenvalue weighted by Gasteiger charge is -2.11. The molecule has 19 aromatic carbocycles. The van der Waals surface area contributed by atoms with Gasteiger partial charge in [0.1, 0.15) is 34.5 Å². The highest BCUT2D eigenvalue weighted by Crippen LogP contribution is 2.42. The normalized spacial score (nSPS) is 10.4. The van der Waals surface area contributed by atoms with Crippen LogP contribution >= 0.6 is 0 Å². The van der Waals surface area contributed by atoms with E-state index in [-0.39, 0.29) is 7.43 Å². The van der Waals surface area contributed by atoms with Crippen LogP contribution < -0.4 is 0 Å². The molecule has 548 valence electrons. The number of hydrogen-bond acceptors (Lipinski definition) is 6. The Bertz CT molecular complexity index is 6240. The smallest absolute Gasteiger partial charge is 0.131 e. The van der Waals surface area contributed by atoms with Crippen LogP contribution in [0.25, 0.3) is 143 Å². The van der Waals surface area contributed by atoms with Crippen LogP contribution in [0.2, 0.25) is 0 Å². The highest BCUT2D eigenvalue weighted by molar-refractivity contribution is 6.12. The van der Waals surface area contributed by atoms with Gasteiger partial charge in [0.05, 0.1) is 0 Å². The molecular formula is C107H84O6. The lowest BCUT2D eigenvalue weighted by atomic mass is 9.94. The van der Waals surface area contributed by atoms with E-state index in [0.717, 1.165) is 138 Å². The maximum absolute atomic E-state index is 10.8. The molecule has 0 aliphatic rings. The molecule has 0 unspecified atom stereocenters. The third kappa shape index (κ3) is 18.6. The van der Waals surface area contributed by atoms with Crippen molar-refractivity contribution in [3.63, 3.8) is 0 Å². The molecule has 0 aliphatic heterocycles. The van der Waals surface area contributed by atoms with Crippen LogP contribution in [0.1, 0.15) is 7.43 Å². The molecule has 0 heterocycles. The van der Waals surface area contributed by atoms with Crippen LogP contribution in [0.3, 0.4) is 0 Å². The minimum Gasteiger partial charge on any atom is -0.508 e. The van der Waals surface area contributed by atoms with Gasteiger partial charge >= 0.3 is 0 Å².